The van der Waals surface area contributed by atoms with Crippen molar-refractivity contribution in [3.8, 4) is 11.1 Å². The third-order valence-corrected chi connectivity index (χ3v) is 6.23. The van der Waals surface area contributed by atoms with Crippen LogP contribution in [0.15, 0.2) is 48.8 Å². The Bertz CT molecular complexity index is 1130. The second kappa shape index (κ2) is 10.6. The van der Waals surface area contributed by atoms with E-state index >= 15 is 0 Å². The van der Waals surface area contributed by atoms with Crippen LogP contribution in [0.5, 0.6) is 0 Å². The Morgan fingerprint density at radius 3 is 2.47 bits per heavy atom. The van der Waals surface area contributed by atoms with Gasteiger partial charge in [-0.1, -0.05) is 38.8 Å². The van der Waals surface area contributed by atoms with Crippen LogP contribution in [0, 0.1) is 6.92 Å². The second-order valence-electron chi connectivity index (χ2n) is 8.72. The molecule has 1 aromatic carbocycles. The Balaban J connectivity index is 1.61. The van der Waals surface area contributed by atoms with E-state index in [9.17, 15) is 4.79 Å². The van der Waals surface area contributed by atoms with Crippen LogP contribution in [0.3, 0.4) is 0 Å². The van der Waals surface area contributed by atoms with E-state index in [0.29, 0.717) is 12.5 Å². The molecule has 178 valence electrons. The predicted octanol–water partition coefficient (Wildman–Crippen LogP) is 5.73. The SMILES string of the molecule is CCCCC1C(=O)N(CCC)c2cnc(Nc3ccc(-c4ccnc(C)c4)cc3)nc2N1CC. The van der Waals surface area contributed by atoms with E-state index < -0.39 is 0 Å². The maximum absolute atomic E-state index is 13.3. The highest BCUT2D eigenvalue weighted by atomic mass is 16.2. The number of amides is 1. The van der Waals surface area contributed by atoms with Crippen molar-refractivity contribution >= 4 is 29.0 Å². The largest absolute Gasteiger partial charge is 0.343 e. The summed E-state index contributed by atoms with van der Waals surface area (Å²) in [5.74, 6) is 1.53. The summed E-state index contributed by atoms with van der Waals surface area (Å²) >= 11 is 0. The number of rotatable bonds is 9. The van der Waals surface area contributed by atoms with Crippen molar-refractivity contribution in [2.75, 3.05) is 28.2 Å². The van der Waals surface area contributed by atoms with Crippen LogP contribution in [0.4, 0.5) is 23.1 Å². The highest BCUT2D eigenvalue weighted by Crippen LogP contribution is 2.36. The first-order chi connectivity index (χ1) is 16.5. The van der Waals surface area contributed by atoms with Crippen LogP contribution in [-0.2, 0) is 4.79 Å². The molecule has 0 saturated carbocycles. The molecule has 7 nitrogen and oxygen atoms in total. The molecule has 3 aromatic rings. The lowest BCUT2D eigenvalue weighted by atomic mass is 10.0. The van der Waals surface area contributed by atoms with Crippen LogP contribution in [0.1, 0.15) is 52.1 Å². The lowest BCUT2D eigenvalue weighted by Gasteiger charge is -2.41. The molecule has 0 saturated heterocycles. The normalized spacial score (nSPS) is 15.4. The molecule has 1 atom stereocenters. The van der Waals surface area contributed by atoms with Crippen LogP contribution in [0.25, 0.3) is 11.1 Å². The first kappa shape index (κ1) is 23.7. The molecule has 1 amide bonds. The molecular weight excluding hydrogens is 424 g/mol. The van der Waals surface area contributed by atoms with Gasteiger partial charge in [-0.15, -0.1) is 0 Å². The lowest BCUT2D eigenvalue weighted by molar-refractivity contribution is -0.120. The third-order valence-electron chi connectivity index (χ3n) is 6.23. The van der Waals surface area contributed by atoms with Crippen LogP contribution >= 0.6 is 0 Å². The van der Waals surface area contributed by atoms with Crippen LogP contribution < -0.4 is 15.1 Å². The molecule has 0 radical (unpaired) electrons. The van der Waals surface area contributed by atoms with Gasteiger partial charge in [0, 0.05) is 30.7 Å². The molecule has 1 aliphatic rings. The molecule has 7 heteroatoms. The number of carbonyl (C=O) groups excluding carboxylic acids is 1. The van der Waals surface area contributed by atoms with E-state index in [-0.39, 0.29) is 11.9 Å². The average Bonchev–Trinajstić information content (AvgIpc) is 2.85. The molecule has 34 heavy (non-hydrogen) atoms. The maximum Gasteiger partial charge on any atom is 0.249 e. The summed E-state index contributed by atoms with van der Waals surface area (Å²) in [4.78, 5) is 31.0. The number of benzene rings is 1. The average molecular weight is 459 g/mol. The smallest absolute Gasteiger partial charge is 0.249 e. The number of hydrogen-bond donors (Lipinski definition) is 1. The van der Waals surface area contributed by atoms with Gasteiger partial charge >= 0.3 is 0 Å². The fourth-order valence-electron chi connectivity index (χ4n) is 4.51. The number of pyridine rings is 1. The standard InChI is InChI=1S/C27H34N6O/c1-5-8-9-23-26(34)33(16-6-2)24-18-29-27(31-25(24)32(23)7-3)30-22-12-10-20(11-13-22)21-14-15-28-19(4)17-21/h10-15,17-18,23H,5-9,16H2,1-4H3,(H,29,30,31). The molecule has 1 aliphatic heterocycles. The van der Waals surface area contributed by atoms with Crippen molar-refractivity contribution in [1.82, 2.24) is 15.0 Å². The molecule has 4 rings (SSSR count). The zero-order valence-electron chi connectivity index (χ0n) is 20.6. The van der Waals surface area contributed by atoms with Crippen LogP contribution in [0.2, 0.25) is 0 Å². The fraction of sp³-hybridized carbons (Fsp3) is 0.407. The first-order valence-electron chi connectivity index (χ1n) is 12.3. The number of aromatic nitrogens is 3. The molecule has 2 aromatic heterocycles. The van der Waals surface area contributed by atoms with Crippen molar-refractivity contribution in [3.63, 3.8) is 0 Å². The molecule has 0 spiro atoms. The predicted molar refractivity (Wildman–Crippen MR) is 139 cm³/mol. The number of carbonyl (C=O) groups is 1. The van der Waals surface area contributed by atoms with Gasteiger partial charge in [-0.3, -0.25) is 9.78 Å². The second-order valence-corrected chi connectivity index (χ2v) is 8.72. The zero-order chi connectivity index (χ0) is 24.1. The summed E-state index contributed by atoms with van der Waals surface area (Å²) in [5.41, 5.74) is 4.98. The zero-order valence-corrected chi connectivity index (χ0v) is 20.6. The molecule has 3 heterocycles. The van der Waals surface area contributed by atoms with Gasteiger partial charge in [-0.05, 0) is 62.1 Å². The summed E-state index contributed by atoms with van der Waals surface area (Å²) in [7, 11) is 0. The maximum atomic E-state index is 13.3. The van der Waals surface area contributed by atoms with E-state index in [1.165, 1.54) is 0 Å². The minimum atomic E-state index is -0.171. The van der Waals surface area contributed by atoms with Crippen molar-refractivity contribution in [2.45, 2.75) is 59.4 Å². The quantitative estimate of drug-likeness (QED) is 0.441. The summed E-state index contributed by atoms with van der Waals surface area (Å²) in [6.07, 6.45) is 7.42. The summed E-state index contributed by atoms with van der Waals surface area (Å²) in [5, 5.41) is 3.34. The topological polar surface area (TPSA) is 74.2 Å². The van der Waals surface area contributed by atoms with Crippen LogP contribution in [-0.4, -0.2) is 40.0 Å². The Kier molecular flexibility index (Phi) is 7.40. The van der Waals surface area contributed by atoms with Gasteiger partial charge in [0.1, 0.15) is 11.7 Å². The minimum absolute atomic E-state index is 0.163. The number of hydrogen-bond acceptors (Lipinski definition) is 6. The summed E-state index contributed by atoms with van der Waals surface area (Å²) < 4.78 is 0. The Morgan fingerprint density at radius 1 is 1.00 bits per heavy atom. The van der Waals surface area contributed by atoms with E-state index in [1.807, 2.05) is 36.2 Å². The molecular formula is C27H34N6O. The number of aryl methyl sites for hydroxylation is 1. The van der Waals surface area contributed by atoms with Gasteiger partial charge in [-0.2, -0.15) is 4.98 Å². The minimum Gasteiger partial charge on any atom is -0.343 e. The third kappa shape index (κ3) is 4.88. The molecule has 0 aliphatic carbocycles. The van der Waals surface area contributed by atoms with Gasteiger partial charge in [0.25, 0.3) is 0 Å². The van der Waals surface area contributed by atoms with Gasteiger partial charge < -0.3 is 15.1 Å². The van der Waals surface area contributed by atoms with Gasteiger partial charge in [0.15, 0.2) is 5.82 Å². The molecule has 0 bridgehead atoms. The number of anilines is 4. The Morgan fingerprint density at radius 2 is 1.79 bits per heavy atom. The van der Waals surface area contributed by atoms with Crippen molar-refractivity contribution in [1.29, 1.82) is 0 Å². The van der Waals surface area contributed by atoms with Gasteiger partial charge in [-0.25, -0.2) is 4.98 Å². The number of fused-ring (bicyclic) bond motifs is 1. The van der Waals surface area contributed by atoms with Crippen molar-refractivity contribution in [2.24, 2.45) is 0 Å². The molecule has 1 N–H and O–H groups in total. The first-order valence-corrected chi connectivity index (χ1v) is 12.3. The Labute approximate surface area is 202 Å². The van der Waals surface area contributed by atoms with E-state index in [2.05, 4.69) is 59.2 Å². The number of unbranched alkanes of at least 4 members (excludes halogenated alkanes) is 1. The number of nitrogens with zero attached hydrogens (tertiary/aromatic N) is 5. The number of nitrogens with one attached hydrogen (secondary N) is 1. The van der Waals surface area contributed by atoms with Gasteiger partial charge in [0.05, 0.1) is 6.20 Å². The highest BCUT2D eigenvalue weighted by Gasteiger charge is 2.38. The van der Waals surface area contributed by atoms with Crippen molar-refractivity contribution < 1.29 is 4.79 Å². The van der Waals surface area contributed by atoms with E-state index in [0.717, 1.165) is 66.2 Å². The molecule has 1 unspecified atom stereocenters. The highest BCUT2D eigenvalue weighted by molar-refractivity contribution is 6.04. The summed E-state index contributed by atoms with van der Waals surface area (Å²) in [6.45, 7) is 9.73. The monoisotopic (exact) mass is 458 g/mol. The number of likely N-dealkylation sites (N-methyl/N-ethyl adjacent to an activating group) is 1. The fourth-order valence-corrected chi connectivity index (χ4v) is 4.51. The lowest BCUT2D eigenvalue weighted by Crippen LogP contribution is -2.54. The summed E-state index contributed by atoms with van der Waals surface area (Å²) in [6, 6.07) is 12.1. The van der Waals surface area contributed by atoms with Crippen molar-refractivity contribution in [3.05, 3.63) is 54.5 Å². The molecule has 0 fully saturated rings. The van der Waals surface area contributed by atoms with E-state index in [1.54, 1.807) is 6.20 Å². The van der Waals surface area contributed by atoms with E-state index in [4.69, 9.17) is 4.98 Å². The van der Waals surface area contributed by atoms with Gasteiger partial charge in [0.2, 0.25) is 11.9 Å². The Hall–Kier alpha value is -3.48.